The standard InChI is InChI=1S/C13H25N3O2/c1-10(2)11(14-13(18)15(3)4)12(17)16-8-6-5-7-9-16/h10-11H,5-9H2,1-4H3,(H,14,18)/t11-/m0/s1. The van der Waals surface area contributed by atoms with Gasteiger partial charge < -0.3 is 15.1 Å². The molecule has 0 aromatic carbocycles. The molecular formula is C13H25N3O2. The molecule has 1 fully saturated rings. The summed E-state index contributed by atoms with van der Waals surface area (Å²) in [5.41, 5.74) is 0. The van der Waals surface area contributed by atoms with E-state index in [2.05, 4.69) is 5.32 Å². The average Bonchev–Trinajstić information content (AvgIpc) is 2.35. The number of carbonyl (C=O) groups is 2. The van der Waals surface area contributed by atoms with Crippen molar-refractivity contribution < 1.29 is 9.59 Å². The number of hydrogen-bond acceptors (Lipinski definition) is 2. The van der Waals surface area contributed by atoms with Crippen LogP contribution in [0.3, 0.4) is 0 Å². The van der Waals surface area contributed by atoms with Gasteiger partial charge in [0.1, 0.15) is 6.04 Å². The quantitative estimate of drug-likeness (QED) is 0.826. The number of amides is 3. The summed E-state index contributed by atoms with van der Waals surface area (Å²) in [6.07, 6.45) is 3.33. The van der Waals surface area contributed by atoms with Crippen molar-refractivity contribution in [3.8, 4) is 0 Å². The Hall–Kier alpha value is -1.26. The summed E-state index contributed by atoms with van der Waals surface area (Å²) < 4.78 is 0. The molecule has 1 N–H and O–H groups in total. The Morgan fingerprint density at radius 2 is 1.67 bits per heavy atom. The maximum Gasteiger partial charge on any atom is 0.317 e. The first-order chi connectivity index (χ1) is 8.43. The highest BCUT2D eigenvalue weighted by atomic mass is 16.2. The molecule has 18 heavy (non-hydrogen) atoms. The Kier molecular flexibility index (Phi) is 5.44. The van der Waals surface area contributed by atoms with E-state index in [1.165, 1.54) is 11.3 Å². The lowest BCUT2D eigenvalue weighted by atomic mass is 10.0. The van der Waals surface area contributed by atoms with Gasteiger partial charge in [0.25, 0.3) is 0 Å². The number of nitrogens with one attached hydrogen (secondary N) is 1. The molecule has 0 bridgehead atoms. The third-order valence-electron chi connectivity index (χ3n) is 3.29. The van der Waals surface area contributed by atoms with Crippen molar-refractivity contribution in [2.75, 3.05) is 27.2 Å². The zero-order valence-electron chi connectivity index (χ0n) is 11.9. The molecule has 0 aromatic heterocycles. The van der Waals surface area contributed by atoms with Crippen LogP contribution in [0.4, 0.5) is 4.79 Å². The molecule has 0 unspecified atom stereocenters. The van der Waals surface area contributed by atoms with Crippen molar-refractivity contribution >= 4 is 11.9 Å². The number of urea groups is 1. The van der Waals surface area contributed by atoms with E-state index in [9.17, 15) is 9.59 Å². The Bertz CT molecular complexity index is 297. The fourth-order valence-electron chi connectivity index (χ4n) is 2.09. The van der Waals surface area contributed by atoms with Crippen LogP contribution in [-0.2, 0) is 4.79 Å². The lowest BCUT2D eigenvalue weighted by Gasteiger charge is -2.32. The van der Waals surface area contributed by atoms with Gasteiger partial charge in [0.15, 0.2) is 0 Å². The minimum absolute atomic E-state index is 0.0555. The number of rotatable bonds is 3. The van der Waals surface area contributed by atoms with Gasteiger partial charge in [-0.25, -0.2) is 4.79 Å². The van der Waals surface area contributed by atoms with E-state index >= 15 is 0 Å². The maximum absolute atomic E-state index is 12.4. The van der Waals surface area contributed by atoms with E-state index in [1.54, 1.807) is 14.1 Å². The number of carbonyl (C=O) groups excluding carboxylic acids is 2. The van der Waals surface area contributed by atoms with Gasteiger partial charge in [0.2, 0.25) is 5.91 Å². The molecule has 5 heteroatoms. The molecule has 1 aliphatic rings. The molecule has 0 aliphatic carbocycles. The highest BCUT2D eigenvalue weighted by Gasteiger charge is 2.29. The summed E-state index contributed by atoms with van der Waals surface area (Å²) >= 11 is 0. The van der Waals surface area contributed by atoms with Gasteiger partial charge in [0, 0.05) is 27.2 Å². The van der Waals surface area contributed by atoms with Crippen molar-refractivity contribution in [3.63, 3.8) is 0 Å². The third kappa shape index (κ3) is 3.89. The molecule has 1 atom stereocenters. The fraction of sp³-hybridized carbons (Fsp3) is 0.846. The van der Waals surface area contributed by atoms with Crippen LogP contribution in [-0.4, -0.2) is 55.0 Å². The van der Waals surface area contributed by atoms with Gasteiger partial charge in [-0.2, -0.15) is 0 Å². The minimum atomic E-state index is -0.419. The summed E-state index contributed by atoms with van der Waals surface area (Å²) in [6.45, 7) is 5.56. The van der Waals surface area contributed by atoms with Crippen LogP contribution < -0.4 is 5.32 Å². The van der Waals surface area contributed by atoms with E-state index in [4.69, 9.17) is 0 Å². The molecule has 0 radical (unpaired) electrons. The van der Waals surface area contributed by atoms with Crippen molar-refractivity contribution in [3.05, 3.63) is 0 Å². The largest absolute Gasteiger partial charge is 0.341 e. The minimum Gasteiger partial charge on any atom is -0.341 e. The smallest absolute Gasteiger partial charge is 0.317 e. The lowest BCUT2D eigenvalue weighted by Crippen LogP contribution is -2.54. The van der Waals surface area contributed by atoms with Crippen LogP contribution in [0, 0.1) is 5.92 Å². The van der Waals surface area contributed by atoms with E-state index in [0.29, 0.717) is 0 Å². The third-order valence-corrected chi connectivity index (χ3v) is 3.29. The summed E-state index contributed by atoms with van der Waals surface area (Å²) in [5.74, 6) is 0.156. The monoisotopic (exact) mass is 255 g/mol. The lowest BCUT2D eigenvalue weighted by molar-refractivity contribution is -0.135. The van der Waals surface area contributed by atoms with Crippen LogP contribution in [0.2, 0.25) is 0 Å². The fourth-order valence-corrected chi connectivity index (χ4v) is 2.09. The van der Waals surface area contributed by atoms with Crippen LogP contribution in [0.1, 0.15) is 33.1 Å². The predicted octanol–water partition coefficient (Wildman–Crippen LogP) is 1.29. The van der Waals surface area contributed by atoms with Crippen molar-refractivity contribution in [2.45, 2.75) is 39.2 Å². The highest BCUT2D eigenvalue weighted by molar-refractivity contribution is 5.87. The Balaban J connectivity index is 2.65. The van der Waals surface area contributed by atoms with Crippen molar-refractivity contribution in [2.24, 2.45) is 5.92 Å². The van der Waals surface area contributed by atoms with Crippen molar-refractivity contribution in [1.82, 2.24) is 15.1 Å². The topological polar surface area (TPSA) is 52.7 Å². The molecule has 0 spiro atoms. The second-order valence-corrected chi connectivity index (χ2v) is 5.45. The molecule has 0 saturated carbocycles. The summed E-state index contributed by atoms with van der Waals surface area (Å²) in [6, 6.07) is -0.628. The summed E-state index contributed by atoms with van der Waals surface area (Å²) in [5, 5.41) is 2.81. The number of piperidine rings is 1. The molecule has 104 valence electrons. The van der Waals surface area contributed by atoms with Crippen molar-refractivity contribution in [1.29, 1.82) is 0 Å². The molecule has 0 aromatic rings. The molecular weight excluding hydrogens is 230 g/mol. The van der Waals surface area contributed by atoms with Crippen LogP contribution >= 0.6 is 0 Å². The molecule has 5 nitrogen and oxygen atoms in total. The summed E-state index contributed by atoms with van der Waals surface area (Å²) in [4.78, 5) is 27.4. The second kappa shape index (κ2) is 6.61. The predicted molar refractivity (Wildman–Crippen MR) is 71.3 cm³/mol. The van der Waals surface area contributed by atoms with E-state index < -0.39 is 6.04 Å². The van der Waals surface area contributed by atoms with Crippen LogP contribution in [0.25, 0.3) is 0 Å². The van der Waals surface area contributed by atoms with E-state index in [1.807, 2.05) is 18.7 Å². The highest BCUT2D eigenvalue weighted by Crippen LogP contribution is 2.13. The molecule has 3 amide bonds. The number of nitrogens with zero attached hydrogens (tertiary/aromatic N) is 2. The molecule has 1 heterocycles. The average molecular weight is 255 g/mol. The maximum atomic E-state index is 12.4. The number of hydrogen-bond donors (Lipinski definition) is 1. The normalized spacial score (nSPS) is 17.5. The second-order valence-electron chi connectivity index (χ2n) is 5.45. The Morgan fingerprint density at radius 1 is 1.11 bits per heavy atom. The zero-order valence-corrected chi connectivity index (χ0v) is 11.9. The van der Waals surface area contributed by atoms with Gasteiger partial charge in [-0.1, -0.05) is 13.8 Å². The zero-order chi connectivity index (χ0) is 13.7. The molecule has 1 rings (SSSR count). The summed E-state index contributed by atoms with van der Waals surface area (Å²) in [7, 11) is 3.36. The molecule has 1 saturated heterocycles. The number of likely N-dealkylation sites (tertiary alicyclic amines) is 1. The Morgan fingerprint density at radius 3 is 2.11 bits per heavy atom. The van der Waals surface area contributed by atoms with E-state index in [-0.39, 0.29) is 17.9 Å². The first-order valence-electron chi connectivity index (χ1n) is 6.70. The first kappa shape index (κ1) is 14.8. The SMILES string of the molecule is CC(C)[C@H](NC(=O)N(C)C)C(=O)N1CCCCC1. The van der Waals surface area contributed by atoms with Gasteiger partial charge in [-0.3, -0.25) is 4.79 Å². The molecule has 1 aliphatic heterocycles. The Labute approximate surface area is 110 Å². The van der Waals surface area contributed by atoms with Crippen LogP contribution in [0.15, 0.2) is 0 Å². The van der Waals surface area contributed by atoms with Gasteiger partial charge >= 0.3 is 6.03 Å². The first-order valence-corrected chi connectivity index (χ1v) is 6.70. The van der Waals surface area contributed by atoms with Gasteiger partial charge in [0.05, 0.1) is 0 Å². The van der Waals surface area contributed by atoms with Gasteiger partial charge in [-0.15, -0.1) is 0 Å². The van der Waals surface area contributed by atoms with E-state index in [0.717, 1.165) is 25.9 Å². The van der Waals surface area contributed by atoms with Crippen LogP contribution in [0.5, 0.6) is 0 Å². The van der Waals surface area contributed by atoms with Gasteiger partial charge in [-0.05, 0) is 25.2 Å².